The summed E-state index contributed by atoms with van der Waals surface area (Å²) in [7, 11) is 2.25. The van der Waals surface area contributed by atoms with Gasteiger partial charge in [-0.25, -0.2) is 9.50 Å². The molecule has 5 heterocycles. The van der Waals surface area contributed by atoms with Crippen molar-refractivity contribution in [1.82, 2.24) is 24.5 Å². The van der Waals surface area contributed by atoms with Gasteiger partial charge in [0.15, 0.2) is 11.5 Å². The summed E-state index contributed by atoms with van der Waals surface area (Å²) in [4.78, 5) is 24.0. The number of carbonyl (C=O) groups is 1. The molecule has 2 unspecified atom stereocenters. The van der Waals surface area contributed by atoms with E-state index in [0.29, 0.717) is 29.7 Å². The van der Waals surface area contributed by atoms with E-state index >= 15 is 0 Å². The maximum Gasteiger partial charge on any atom is 0.247 e. The van der Waals surface area contributed by atoms with Crippen molar-refractivity contribution in [3.05, 3.63) is 36.2 Å². The molecule has 0 aliphatic carbocycles. The summed E-state index contributed by atoms with van der Waals surface area (Å²) in [5.74, 6) is 1.28. The van der Waals surface area contributed by atoms with Crippen LogP contribution < -0.4 is 16.0 Å². The average molecular weight is 433 g/mol. The van der Waals surface area contributed by atoms with Gasteiger partial charge in [-0.1, -0.05) is 6.07 Å². The Labute approximate surface area is 186 Å². The molecule has 2 saturated heterocycles. The van der Waals surface area contributed by atoms with Gasteiger partial charge in [-0.05, 0) is 64.3 Å². The summed E-state index contributed by atoms with van der Waals surface area (Å²) in [5, 5.41) is 14.4. The van der Waals surface area contributed by atoms with Crippen LogP contribution in [0.15, 0.2) is 30.6 Å². The Morgan fingerprint density at radius 3 is 2.75 bits per heavy atom. The molecule has 6 rings (SSSR count). The van der Waals surface area contributed by atoms with E-state index in [0.717, 1.165) is 35.6 Å². The Morgan fingerprint density at radius 2 is 1.97 bits per heavy atom. The highest BCUT2D eigenvalue weighted by atomic mass is 16.2. The molecule has 3 aliphatic heterocycles. The molecule has 0 spiro atoms. The first-order valence-corrected chi connectivity index (χ1v) is 11.3. The van der Waals surface area contributed by atoms with Gasteiger partial charge < -0.3 is 20.9 Å². The molecule has 2 atom stereocenters. The fraction of sp³-hybridized carbons (Fsp3) is 0.478. The van der Waals surface area contributed by atoms with Crippen LogP contribution in [0.5, 0.6) is 0 Å². The number of amides is 1. The minimum absolute atomic E-state index is 0.0136. The molecule has 0 radical (unpaired) electrons. The number of nitrogens with one attached hydrogen (secondary N) is 3. The zero-order chi connectivity index (χ0) is 22.0. The van der Waals surface area contributed by atoms with Crippen LogP contribution in [0.1, 0.15) is 45.1 Å². The molecule has 1 aromatic carbocycles. The van der Waals surface area contributed by atoms with Crippen LogP contribution in [-0.2, 0) is 10.2 Å². The summed E-state index contributed by atoms with van der Waals surface area (Å²) in [6.07, 6.45) is 8.40. The van der Waals surface area contributed by atoms with Crippen molar-refractivity contribution >= 4 is 34.7 Å². The van der Waals surface area contributed by atoms with Crippen LogP contribution >= 0.6 is 0 Å². The van der Waals surface area contributed by atoms with E-state index in [4.69, 9.17) is 4.98 Å². The molecule has 2 fully saturated rings. The number of piperidine rings is 1. The average Bonchev–Trinajstić information content (AvgIpc) is 3.31. The second-order valence-electron chi connectivity index (χ2n) is 9.81. The van der Waals surface area contributed by atoms with E-state index in [2.05, 4.69) is 38.0 Å². The molecule has 32 heavy (non-hydrogen) atoms. The first kappa shape index (κ1) is 19.5. The van der Waals surface area contributed by atoms with E-state index in [1.54, 1.807) is 10.7 Å². The monoisotopic (exact) mass is 432 g/mol. The minimum Gasteiger partial charge on any atom is -0.364 e. The molecule has 166 valence electrons. The van der Waals surface area contributed by atoms with Crippen molar-refractivity contribution in [2.75, 3.05) is 23.0 Å². The van der Waals surface area contributed by atoms with Crippen molar-refractivity contribution in [3.8, 4) is 0 Å². The molecule has 2 bridgehead atoms. The van der Waals surface area contributed by atoms with Crippen LogP contribution in [0, 0.1) is 0 Å². The van der Waals surface area contributed by atoms with Gasteiger partial charge in [-0.2, -0.15) is 4.98 Å². The topological polar surface area (TPSA) is 99.5 Å². The molecule has 0 saturated carbocycles. The Kier molecular flexibility index (Phi) is 4.20. The van der Waals surface area contributed by atoms with Crippen LogP contribution in [-0.4, -0.2) is 55.6 Å². The lowest BCUT2D eigenvalue weighted by atomic mass is 9.86. The Bertz CT molecular complexity index is 1200. The number of hydrogen-bond acceptors (Lipinski definition) is 7. The number of nitrogens with zero attached hydrogens (tertiary/aromatic N) is 5. The second-order valence-corrected chi connectivity index (χ2v) is 9.81. The van der Waals surface area contributed by atoms with Gasteiger partial charge in [0.1, 0.15) is 0 Å². The molecule has 2 aromatic heterocycles. The molecule has 3 N–H and O–H groups in total. The quantitative estimate of drug-likeness (QED) is 0.582. The van der Waals surface area contributed by atoms with Gasteiger partial charge in [-0.3, -0.25) is 4.79 Å². The van der Waals surface area contributed by atoms with Crippen LogP contribution in [0.2, 0.25) is 0 Å². The SMILES string of the molecule is CN1C2CCC1CC(Nc1nccn3nc(Nc4ccc5c(c4)NC(=O)C5(C)C)nc13)C2. The third kappa shape index (κ3) is 3.02. The number of fused-ring (bicyclic) bond motifs is 4. The van der Waals surface area contributed by atoms with Crippen molar-refractivity contribution < 1.29 is 4.79 Å². The number of aromatic nitrogens is 4. The van der Waals surface area contributed by atoms with Crippen LogP contribution in [0.4, 0.5) is 23.1 Å². The highest BCUT2D eigenvalue weighted by Gasteiger charge is 2.39. The summed E-state index contributed by atoms with van der Waals surface area (Å²) < 4.78 is 1.75. The van der Waals surface area contributed by atoms with Crippen molar-refractivity contribution in [2.45, 2.75) is 63.1 Å². The summed E-state index contributed by atoms with van der Waals surface area (Å²) in [6, 6.07) is 7.59. The molecule has 1 amide bonds. The van der Waals surface area contributed by atoms with Crippen molar-refractivity contribution in [2.24, 2.45) is 0 Å². The number of rotatable bonds is 4. The predicted molar refractivity (Wildman–Crippen MR) is 123 cm³/mol. The first-order valence-electron chi connectivity index (χ1n) is 11.3. The fourth-order valence-electron chi connectivity index (χ4n) is 5.50. The van der Waals surface area contributed by atoms with Crippen molar-refractivity contribution in [1.29, 1.82) is 0 Å². The van der Waals surface area contributed by atoms with Gasteiger partial charge in [0, 0.05) is 41.9 Å². The highest BCUT2D eigenvalue weighted by molar-refractivity contribution is 6.06. The number of hydrogen-bond donors (Lipinski definition) is 3. The van der Waals surface area contributed by atoms with Gasteiger partial charge >= 0.3 is 0 Å². The van der Waals surface area contributed by atoms with Gasteiger partial charge in [0.25, 0.3) is 0 Å². The molecule has 9 nitrogen and oxygen atoms in total. The van der Waals surface area contributed by atoms with E-state index in [1.165, 1.54) is 12.8 Å². The smallest absolute Gasteiger partial charge is 0.247 e. The number of benzene rings is 1. The zero-order valence-electron chi connectivity index (χ0n) is 18.6. The lowest BCUT2D eigenvalue weighted by Crippen LogP contribution is -2.44. The Hall–Kier alpha value is -3.20. The Balaban J connectivity index is 1.23. The highest BCUT2D eigenvalue weighted by Crippen LogP contribution is 2.39. The largest absolute Gasteiger partial charge is 0.364 e. The first-order chi connectivity index (χ1) is 15.4. The van der Waals surface area contributed by atoms with Crippen molar-refractivity contribution in [3.63, 3.8) is 0 Å². The zero-order valence-corrected chi connectivity index (χ0v) is 18.6. The van der Waals surface area contributed by atoms with Crippen LogP contribution in [0.25, 0.3) is 5.65 Å². The lowest BCUT2D eigenvalue weighted by molar-refractivity contribution is -0.119. The standard InChI is InChI=1S/C23H28N8O/c1-23(2)17-7-4-13(12-18(17)27-21(23)32)26-22-28-20-19(24-8-9-31(20)29-22)25-14-10-15-5-6-16(11-14)30(15)3/h4,7-9,12,14-16H,5-6,10-11H2,1-3H3,(H,24,25)(H,26,29)(H,27,32). The summed E-state index contributed by atoms with van der Waals surface area (Å²) in [5.41, 5.74) is 2.84. The van der Waals surface area contributed by atoms with E-state index in [9.17, 15) is 4.79 Å². The van der Waals surface area contributed by atoms with E-state index in [1.807, 2.05) is 38.2 Å². The third-order valence-corrected chi connectivity index (χ3v) is 7.46. The number of anilines is 4. The van der Waals surface area contributed by atoms with Crippen LogP contribution in [0.3, 0.4) is 0 Å². The van der Waals surface area contributed by atoms with Gasteiger partial charge in [-0.15, -0.1) is 5.10 Å². The minimum atomic E-state index is -0.519. The maximum atomic E-state index is 12.2. The normalized spacial score (nSPS) is 26.2. The molecule has 3 aliphatic rings. The second kappa shape index (κ2) is 6.90. The number of carbonyl (C=O) groups excluding carboxylic acids is 1. The van der Waals surface area contributed by atoms with Gasteiger partial charge in [0.05, 0.1) is 5.41 Å². The van der Waals surface area contributed by atoms with E-state index in [-0.39, 0.29) is 5.91 Å². The van der Waals surface area contributed by atoms with Gasteiger partial charge in [0.2, 0.25) is 11.9 Å². The Morgan fingerprint density at radius 1 is 1.19 bits per heavy atom. The molecule has 3 aromatic rings. The fourth-order valence-corrected chi connectivity index (χ4v) is 5.50. The lowest BCUT2D eigenvalue weighted by Gasteiger charge is -2.36. The molecule has 9 heteroatoms. The third-order valence-electron chi connectivity index (χ3n) is 7.46. The summed E-state index contributed by atoms with van der Waals surface area (Å²) in [6.45, 7) is 3.87. The predicted octanol–water partition coefficient (Wildman–Crippen LogP) is 3.13. The maximum absolute atomic E-state index is 12.2. The molecular weight excluding hydrogens is 404 g/mol. The summed E-state index contributed by atoms with van der Waals surface area (Å²) >= 11 is 0. The molecular formula is C23H28N8O. The van der Waals surface area contributed by atoms with E-state index < -0.39 is 5.41 Å².